The summed E-state index contributed by atoms with van der Waals surface area (Å²) < 4.78 is 0. The van der Waals surface area contributed by atoms with Crippen LogP contribution in [0.4, 0.5) is 5.13 Å². The Kier molecular flexibility index (Phi) is 6.16. The second kappa shape index (κ2) is 9.39. The van der Waals surface area contributed by atoms with E-state index in [1.807, 2.05) is 54.3 Å². The molecule has 2 amide bonds. The number of nitrogens with one attached hydrogen (secondary N) is 1. The van der Waals surface area contributed by atoms with Crippen LogP contribution in [-0.2, 0) is 4.79 Å². The van der Waals surface area contributed by atoms with Crippen molar-refractivity contribution >= 4 is 39.1 Å². The summed E-state index contributed by atoms with van der Waals surface area (Å²) in [6.45, 7) is 5.24. The number of carbonyl (C=O) groups excluding carboxylic acids is 2. The fourth-order valence-electron chi connectivity index (χ4n) is 4.56. The molecule has 0 saturated carbocycles. The SMILES string of the molecule is Cc1ccc(-c2nc(NC(=O)C3CCN(C(=O)c4cccc5ccccc45)CC3)sc2C)cc1. The molecule has 5 nitrogen and oxygen atoms in total. The summed E-state index contributed by atoms with van der Waals surface area (Å²) in [5.41, 5.74) is 3.90. The van der Waals surface area contributed by atoms with E-state index in [1.54, 1.807) is 0 Å². The monoisotopic (exact) mass is 469 g/mol. The standard InChI is InChI=1S/C28H27N3O2S/c1-18-10-12-21(13-11-18)25-19(2)34-28(29-25)30-26(32)22-14-16-31(17-15-22)27(33)24-9-5-7-20-6-3-4-8-23(20)24/h3-13,22H,14-17H2,1-2H3,(H,29,30,32). The lowest BCUT2D eigenvalue weighted by Crippen LogP contribution is -2.41. The summed E-state index contributed by atoms with van der Waals surface area (Å²) >= 11 is 1.50. The second-order valence-electron chi connectivity index (χ2n) is 8.87. The molecule has 4 aromatic rings. The lowest BCUT2D eigenvalue weighted by molar-refractivity contribution is -0.121. The Hall–Kier alpha value is -3.51. The minimum Gasteiger partial charge on any atom is -0.339 e. The molecule has 0 aliphatic carbocycles. The van der Waals surface area contributed by atoms with Crippen LogP contribution in [-0.4, -0.2) is 34.8 Å². The van der Waals surface area contributed by atoms with Gasteiger partial charge >= 0.3 is 0 Å². The number of fused-ring (bicyclic) bond motifs is 1. The van der Waals surface area contributed by atoms with Crippen molar-refractivity contribution in [2.75, 3.05) is 18.4 Å². The molecule has 0 bridgehead atoms. The molecule has 1 aromatic heterocycles. The van der Waals surface area contributed by atoms with Gasteiger partial charge in [-0.25, -0.2) is 4.98 Å². The van der Waals surface area contributed by atoms with E-state index in [2.05, 4.69) is 41.5 Å². The minimum absolute atomic E-state index is 0.0125. The van der Waals surface area contributed by atoms with Crippen LogP contribution < -0.4 is 5.32 Å². The average Bonchev–Trinajstić information content (AvgIpc) is 3.23. The van der Waals surface area contributed by atoms with Crippen LogP contribution in [0, 0.1) is 19.8 Å². The number of anilines is 1. The Balaban J connectivity index is 1.22. The van der Waals surface area contributed by atoms with Crippen LogP contribution in [0.25, 0.3) is 22.0 Å². The summed E-state index contributed by atoms with van der Waals surface area (Å²) in [6, 6.07) is 22.0. The lowest BCUT2D eigenvalue weighted by atomic mass is 9.95. The zero-order valence-corrected chi connectivity index (χ0v) is 20.2. The normalized spacial score (nSPS) is 14.4. The smallest absolute Gasteiger partial charge is 0.254 e. The Bertz CT molecular complexity index is 1350. The van der Waals surface area contributed by atoms with Gasteiger partial charge in [-0.2, -0.15) is 0 Å². The van der Waals surface area contributed by atoms with Gasteiger partial charge in [0.1, 0.15) is 0 Å². The van der Waals surface area contributed by atoms with Crippen molar-refractivity contribution < 1.29 is 9.59 Å². The van der Waals surface area contributed by atoms with Crippen LogP contribution >= 0.6 is 11.3 Å². The highest BCUT2D eigenvalue weighted by atomic mass is 32.1. The van der Waals surface area contributed by atoms with Crippen LogP contribution in [0.1, 0.15) is 33.6 Å². The number of aryl methyl sites for hydroxylation is 2. The summed E-state index contributed by atoms with van der Waals surface area (Å²) in [5, 5.41) is 5.68. The Morgan fingerprint density at radius 1 is 0.941 bits per heavy atom. The van der Waals surface area contributed by atoms with Crippen molar-refractivity contribution in [3.05, 3.63) is 82.7 Å². The predicted molar refractivity (Wildman–Crippen MR) is 138 cm³/mol. The molecular formula is C28H27N3O2S. The number of likely N-dealkylation sites (tertiary alicyclic amines) is 1. The van der Waals surface area contributed by atoms with E-state index in [1.165, 1.54) is 16.9 Å². The number of hydrogen-bond donors (Lipinski definition) is 1. The molecule has 5 rings (SSSR count). The third-order valence-corrected chi connectivity index (χ3v) is 7.41. The molecule has 172 valence electrons. The highest BCUT2D eigenvalue weighted by Crippen LogP contribution is 2.31. The highest BCUT2D eigenvalue weighted by Gasteiger charge is 2.29. The van der Waals surface area contributed by atoms with Gasteiger partial charge in [0.25, 0.3) is 5.91 Å². The molecule has 1 saturated heterocycles. The van der Waals surface area contributed by atoms with Gasteiger partial charge in [0.15, 0.2) is 5.13 Å². The zero-order chi connectivity index (χ0) is 23.7. The maximum Gasteiger partial charge on any atom is 0.254 e. The molecule has 1 aliphatic rings. The van der Waals surface area contributed by atoms with E-state index in [9.17, 15) is 9.59 Å². The second-order valence-corrected chi connectivity index (χ2v) is 10.1. The highest BCUT2D eigenvalue weighted by molar-refractivity contribution is 7.16. The van der Waals surface area contributed by atoms with E-state index in [0.29, 0.717) is 31.1 Å². The van der Waals surface area contributed by atoms with E-state index < -0.39 is 0 Å². The first kappa shape index (κ1) is 22.3. The van der Waals surface area contributed by atoms with E-state index in [4.69, 9.17) is 0 Å². The maximum absolute atomic E-state index is 13.2. The molecular weight excluding hydrogens is 442 g/mol. The van der Waals surface area contributed by atoms with E-state index in [0.717, 1.165) is 32.5 Å². The van der Waals surface area contributed by atoms with Gasteiger partial charge in [0.2, 0.25) is 5.91 Å². The predicted octanol–water partition coefficient (Wildman–Crippen LogP) is 6.07. The molecule has 0 atom stereocenters. The Morgan fingerprint density at radius 2 is 1.65 bits per heavy atom. The number of thiazole rings is 1. The van der Waals surface area contributed by atoms with Gasteiger partial charge in [-0.05, 0) is 43.5 Å². The third-order valence-electron chi connectivity index (χ3n) is 6.52. The summed E-state index contributed by atoms with van der Waals surface area (Å²) in [7, 11) is 0. The molecule has 34 heavy (non-hydrogen) atoms. The maximum atomic E-state index is 13.2. The summed E-state index contributed by atoms with van der Waals surface area (Å²) in [4.78, 5) is 33.8. The fourth-order valence-corrected chi connectivity index (χ4v) is 5.40. The molecule has 1 fully saturated rings. The molecule has 6 heteroatoms. The molecule has 3 aromatic carbocycles. The van der Waals surface area contributed by atoms with E-state index in [-0.39, 0.29) is 17.7 Å². The van der Waals surface area contributed by atoms with Gasteiger partial charge < -0.3 is 10.2 Å². The first-order valence-electron chi connectivity index (χ1n) is 11.6. The number of amides is 2. The van der Waals surface area contributed by atoms with Crippen LogP contribution in [0.3, 0.4) is 0 Å². The first-order chi connectivity index (χ1) is 16.5. The quantitative estimate of drug-likeness (QED) is 0.394. The van der Waals surface area contributed by atoms with Crippen LogP contribution in [0.15, 0.2) is 66.7 Å². The number of carbonyl (C=O) groups is 2. The first-order valence-corrected chi connectivity index (χ1v) is 12.4. The van der Waals surface area contributed by atoms with Gasteiger partial charge in [-0.15, -0.1) is 11.3 Å². The number of aromatic nitrogens is 1. The number of benzene rings is 3. The van der Waals surface area contributed by atoms with Crippen LogP contribution in [0.5, 0.6) is 0 Å². The number of piperidine rings is 1. The van der Waals surface area contributed by atoms with Gasteiger partial charge in [-0.3, -0.25) is 9.59 Å². The van der Waals surface area contributed by atoms with Crippen molar-refractivity contribution in [2.24, 2.45) is 5.92 Å². The number of hydrogen-bond acceptors (Lipinski definition) is 4. The van der Waals surface area contributed by atoms with Gasteiger partial charge in [-0.1, -0.05) is 66.2 Å². The van der Waals surface area contributed by atoms with Gasteiger partial charge in [0, 0.05) is 35.0 Å². The lowest BCUT2D eigenvalue weighted by Gasteiger charge is -2.31. The zero-order valence-electron chi connectivity index (χ0n) is 19.4. The summed E-state index contributed by atoms with van der Waals surface area (Å²) in [6.07, 6.45) is 1.30. The topological polar surface area (TPSA) is 62.3 Å². The van der Waals surface area contributed by atoms with E-state index >= 15 is 0 Å². The fraction of sp³-hybridized carbons (Fsp3) is 0.250. The molecule has 1 aliphatic heterocycles. The summed E-state index contributed by atoms with van der Waals surface area (Å²) in [5.74, 6) is -0.0981. The Morgan fingerprint density at radius 3 is 2.41 bits per heavy atom. The van der Waals surface area contributed by atoms with Gasteiger partial charge in [0.05, 0.1) is 5.69 Å². The molecule has 0 unspecified atom stereocenters. The van der Waals surface area contributed by atoms with Crippen molar-refractivity contribution in [3.8, 4) is 11.3 Å². The van der Waals surface area contributed by atoms with Crippen LogP contribution in [0.2, 0.25) is 0 Å². The van der Waals surface area contributed by atoms with Crippen molar-refractivity contribution in [3.63, 3.8) is 0 Å². The molecule has 0 spiro atoms. The molecule has 2 heterocycles. The van der Waals surface area contributed by atoms with Crippen molar-refractivity contribution in [1.29, 1.82) is 0 Å². The molecule has 1 N–H and O–H groups in total. The number of nitrogens with zero attached hydrogens (tertiary/aromatic N) is 2. The largest absolute Gasteiger partial charge is 0.339 e. The average molecular weight is 470 g/mol. The van der Waals surface area contributed by atoms with Crippen molar-refractivity contribution in [1.82, 2.24) is 9.88 Å². The van der Waals surface area contributed by atoms with Crippen molar-refractivity contribution in [2.45, 2.75) is 26.7 Å². The molecule has 0 radical (unpaired) electrons. The Labute approximate surface area is 203 Å². The minimum atomic E-state index is -0.122. The third kappa shape index (κ3) is 4.46. The number of rotatable bonds is 4.